The zero-order valence-corrected chi connectivity index (χ0v) is 11.5. The summed E-state index contributed by atoms with van der Waals surface area (Å²) >= 11 is 3.45. The van der Waals surface area contributed by atoms with Crippen molar-refractivity contribution in [3.05, 3.63) is 10.7 Å². The average Bonchev–Trinajstić information content (AvgIpc) is 2.83. The Labute approximate surface area is 110 Å². The number of anilines is 2. The van der Waals surface area contributed by atoms with Gasteiger partial charge in [0.2, 0.25) is 5.95 Å². The minimum absolute atomic E-state index is 0.347. The maximum Gasteiger partial charge on any atom is 0.224 e. The topological polar surface area (TPSA) is 59.1 Å². The number of halogens is 1. The van der Waals surface area contributed by atoms with Crippen molar-refractivity contribution in [3.8, 4) is 0 Å². The predicted octanol–water partition coefficient (Wildman–Crippen LogP) is 2.26. The highest BCUT2D eigenvalue weighted by molar-refractivity contribution is 9.10. The van der Waals surface area contributed by atoms with Crippen LogP contribution in [0.15, 0.2) is 10.7 Å². The molecule has 2 N–H and O–H groups in total. The van der Waals surface area contributed by atoms with Crippen LogP contribution in [0, 0.1) is 0 Å². The highest BCUT2D eigenvalue weighted by Gasteiger charge is 2.17. The van der Waals surface area contributed by atoms with Gasteiger partial charge in [-0.25, -0.2) is 4.98 Å². The minimum Gasteiger partial charge on any atom is -0.379 e. The number of ether oxygens (including phenoxy) is 1. The molecule has 2 heterocycles. The molecule has 1 unspecified atom stereocenters. The molecule has 0 spiro atoms. The van der Waals surface area contributed by atoms with E-state index in [-0.39, 0.29) is 0 Å². The number of aromatic nitrogens is 2. The largest absolute Gasteiger partial charge is 0.379 e. The van der Waals surface area contributed by atoms with Gasteiger partial charge in [-0.2, -0.15) is 4.98 Å². The number of rotatable bonds is 5. The Hall–Kier alpha value is -0.880. The average molecular weight is 301 g/mol. The number of hydrogen-bond donors (Lipinski definition) is 2. The molecule has 6 heteroatoms. The summed E-state index contributed by atoms with van der Waals surface area (Å²) in [4.78, 5) is 8.65. The Balaban J connectivity index is 2.03. The zero-order valence-electron chi connectivity index (χ0n) is 9.87. The SMILES string of the molecule is CCCNc1ncc(Br)c(NC2CCOC2)n1. The van der Waals surface area contributed by atoms with Crippen molar-refractivity contribution < 1.29 is 4.74 Å². The molecule has 0 amide bonds. The predicted molar refractivity (Wildman–Crippen MR) is 71.4 cm³/mol. The van der Waals surface area contributed by atoms with E-state index < -0.39 is 0 Å². The second kappa shape index (κ2) is 6.16. The summed E-state index contributed by atoms with van der Waals surface area (Å²) in [6.07, 6.45) is 3.84. The lowest BCUT2D eigenvalue weighted by molar-refractivity contribution is 0.195. The number of nitrogens with one attached hydrogen (secondary N) is 2. The lowest BCUT2D eigenvalue weighted by atomic mass is 10.2. The maximum absolute atomic E-state index is 5.33. The van der Waals surface area contributed by atoms with Crippen LogP contribution in [-0.4, -0.2) is 35.8 Å². The summed E-state index contributed by atoms with van der Waals surface area (Å²) in [5.41, 5.74) is 0. The van der Waals surface area contributed by atoms with Crippen molar-refractivity contribution in [1.29, 1.82) is 0 Å². The fourth-order valence-corrected chi connectivity index (χ4v) is 1.94. The van der Waals surface area contributed by atoms with Gasteiger partial charge in [-0.15, -0.1) is 0 Å². The summed E-state index contributed by atoms with van der Waals surface area (Å²) in [6.45, 7) is 4.56. The Morgan fingerprint density at radius 3 is 3.18 bits per heavy atom. The molecule has 1 atom stereocenters. The van der Waals surface area contributed by atoms with Gasteiger partial charge in [-0.1, -0.05) is 6.92 Å². The first-order chi connectivity index (χ1) is 8.29. The fraction of sp³-hybridized carbons (Fsp3) is 0.636. The van der Waals surface area contributed by atoms with E-state index in [1.165, 1.54) is 0 Å². The number of nitrogens with zero attached hydrogens (tertiary/aromatic N) is 2. The third kappa shape index (κ3) is 3.54. The van der Waals surface area contributed by atoms with E-state index in [2.05, 4.69) is 43.5 Å². The highest BCUT2D eigenvalue weighted by atomic mass is 79.9. The summed E-state index contributed by atoms with van der Waals surface area (Å²) < 4.78 is 6.21. The third-order valence-electron chi connectivity index (χ3n) is 2.55. The molecule has 0 aromatic carbocycles. The quantitative estimate of drug-likeness (QED) is 0.873. The standard InChI is InChI=1S/C11H17BrN4O/c1-2-4-13-11-14-6-9(12)10(16-11)15-8-3-5-17-7-8/h6,8H,2-5,7H2,1H3,(H2,13,14,15,16). The van der Waals surface area contributed by atoms with Gasteiger partial charge in [-0.05, 0) is 28.8 Å². The van der Waals surface area contributed by atoms with Gasteiger partial charge in [0.15, 0.2) is 0 Å². The highest BCUT2D eigenvalue weighted by Crippen LogP contribution is 2.22. The van der Waals surface area contributed by atoms with Crippen molar-refractivity contribution in [2.24, 2.45) is 0 Å². The summed E-state index contributed by atoms with van der Waals surface area (Å²) in [6, 6.07) is 0.347. The van der Waals surface area contributed by atoms with E-state index >= 15 is 0 Å². The second-order valence-corrected chi connectivity index (χ2v) is 4.88. The fourth-order valence-electron chi connectivity index (χ4n) is 1.63. The van der Waals surface area contributed by atoms with Gasteiger partial charge in [0, 0.05) is 19.3 Å². The lowest BCUT2D eigenvalue weighted by Gasteiger charge is -2.13. The van der Waals surface area contributed by atoms with Crippen LogP contribution in [0.4, 0.5) is 11.8 Å². The van der Waals surface area contributed by atoms with Crippen molar-refractivity contribution >= 4 is 27.7 Å². The van der Waals surface area contributed by atoms with Crippen molar-refractivity contribution in [1.82, 2.24) is 9.97 Å². The summed E-state index contributed by atoms with van der Waals surface area (Å²) in [5.74, 6) is 1.49. The maximum atomic E-state index is 5.33. The van der Waals surface area contributed by atoms with Gasteiger partial charge in [0.25, 0.3) is 0 Å². The molecule has 0 saturated carbocycles. The normalized spacial score (nSPS) is 19.3. The van der Waals surface area contributed by atoms with E-state index in [4.69, 9.17) is 4.74 Å². The molecule has 17 heavy (non-hydrogen) atoms. The molecular formula is C11H17BrN4O. The van der Waals surface area contributed by atoms with E-state index in [9.17, 15) is 0 Å². The van der Waals surface area contributed by atoms with E-state index in [1.807, 2.05) is 0 Å². The molecule has 2 rings (SSSR count). The van der Waals surface area contributed by atoms with Gasteiger partial charge in [0.05, 0.1) is 17.1 Å². The molecule has 1 aliphatic heterocycles. The van der Waals surface area contributed by atoms with Crippen LogP contribution in [-0.2, 0) is 4.74 Å². The Bertz CT molecular complexity index is 368. The number of hydrogen-bond acceptors (Lipinski definition) is 5. The van der Waals surface area contributed by atoms with Crippen LogP contribution in [0.5, 0.6) is 0 Å². The Kier molecular flexibility index (Phi) is 4.56. The van der Waals surface area contributed by atoms with Crippen molar-refractivity contribution in [2.45, 2.75) is 25.8 Å². The first-order valence-corrected chi connectivity index (χ1v) is 6.69. The van der Waals surface area contributed by atoms with Crippen LogP contribution < -0.4 is 10.6 Å². The van der Waals surface area contributed by atoms with E-state index in [0.717, 1.165) is 42.9 Å². The molecular weight excluding hydrogens is 284 g/mol. The first kappa shape index (κ1) is 12.6. The van der Waals surface area contributed by atoms with E-state index in [0.29, 0.717) is 12.0 Å². The first-order valence-electron chi connectivity index (χ1n) is 5.90. The van der Waals surface area contributed by atoms with Crippen LogP contribution in [0.25, 0.3) is 0 Å². The third-order valence-corrected chi connectivity index (χ3v) is 3.13. The van der Waals surface area contributed by atoms with Crippen molar-refractivity contribution in [2.75, 3.05) is 30.4 Å². The molecule has 94 valence electrons. The van der Waals surface area contributed by atoms with Gasteiger partial charge >= 0.3 is 0 Å². The van der Waals surface area contributed by atoms with Crippen LogP contribution in [0.3, 0.4) is 0 Å². The molecule has 1 aliphatic rings. The summed E-state index contributed by atoms with van der Waals surface area (Å²) in [5, 5.41) is 6.54. The van der Waals surface area contributed by atoms with Crippen LogP contribution >= 0.6 is 15.9 Å². The van der Waals surface area contributed by atoms with Crippen LogP contribution in [0.1, 0.15) is 19.8 Å². The van der Waals surface area contributed by atoms with Crippen molar-refractivity contribution in [3.63, 3.8) is 0 Å². The molecule has 5 nitrogen and oxygen atoms in total. The molecule has 0 aliphatic carbocycles. The van der Waals surface area contributed by atoms with Gasteiger partial charge in [-0.3, -0.25) is 0 Å². The second-order valence-electron chi connectivity index (χ2n) is 4.02. The van der Waals surface area contributed by atoms with Gasteiger partial charge in [0.1, 0.15) is 5.82 Å². The molecule has 0 radical (unpaired) electrons. The smallest absolute Gasteiger partial charge is 0.224 e. The monoisotopic (exact) mass is 300 g/mol. The molecule has 0 bridgehead atoms. The summed E-state index contributed by atoms with van der Waals surface area (Å²) in [7, 11) is 0. The molecule has 1 saturated heterocycles. The Morgan fingerprint density at radius 1 is 1.59 bits per heavy atom. The molecule has 1 aromatic rings. The van der Waals surface area contributed by atoms with E-state index in [1.54, 1.807) is 6.20 Å². The molecule has 1 fully saturated rings. The Morgan fingerprint density at radius 2 is 2.47 bits per heavy atom. The van der Waals surface area contributed by atoms with Gasteiger partial charge < -0.3 is 15.4 Å². The minimum atomic E-state index is 0.347. The lowest BCUT2D eigenvalue weighted by Crippen LogP contribution is -2.20. The molecule has 1 aromatic heterocycles. The van der Waals surface area contributed by atoms with Crippen LogP contribution in [0.2, 0.25) is 0 Å². The zero-order chi connectivity index (χ0) is 12.1.